The van der Waals surface area contributed by atoms with E-state index in [4.69, 9.17) is 0 Å². The van der Waals surface area contributed by atoms with Crippen molar-refractivity contribution < 1.29 is 4.79 Å². The molecule has 3 heterocycles. The van der Waals surface area contributed by atoms with Gasteiger partial charge in [0.15, 0.2) is 0 Å². The van der Waals surface area contributed by atoms with Crippen LogP contribution in [0.5, 0.6) is 0 Å². The number of benzene rings is 1. The minimum atomic E-state index is 0.0572. The fourth-order valence-corrected chi connectivity index (χ4v) is 5.58. The zero-order valence-electron chi connectivity index (χ0n) is 18.2. The second-order valence-electron chi connectivity index (χ2n) is 8.63. The molecule has 0 radical (unpaired) electrons. The molecular formula is C23H28N6OS. The number of carbonyl (C=O) groups excluding carboxylic acids is 1. The quantitative estimate of drug-likeness (QED) is 0.615. The van der Waals surface area contributed by atoms with Gasteiger partial charge in [-0.15, -0.1) is 10.2 Å². The Bertz CT molecular complexity index is 1100. The Morgan fingerprint density at radius 2 is 1.65 bits per heavy atom. The average molecular weight is 437 g/mol. The van der Waals surface area contributed by atoms with Crippen LogP contribution in [0.1, 0.15) is 64.8 Å². The van der Waals surface area contributed by atoms with Crippen LogP contribution in [-0.4, -0.2) is 57.2 Å². The van der Waals surface area contributed by atoms with Crippen molar-refractivity contribution in [2.75, 3.05) is 31.1 Å². The summed E-state index contributed by atoms with van der Waals surface area (Å²) in [7, 11) is 0. The van der Waals surface area contributed by atoms with Gasteiger partial charge in [-0.2, -0.15) is 0 Å². The van der Waals surface area contributed by atoms with Crippen molar-refractivity contribution in [3.8, 4) is 0 Å². The topological polar surface area (TPSA) is 75.1 Å². The summed E-state index contributed by atoms with van der Waals surface area (Å²) in [4.78, 5) is 26.4. The SMILES string of the molecule is Cc1nc2ccc(C(=O)N3CCN(c4nnc(C5CCCCC5)s4)CC3)cc2nc1C. The molecule has 0 atom stereocenters. The van der Waals surface area contributed by atoms with Crippen LogP contribution in [0.2, 0.25) is 0 Å². The maximum absolute atomic E-state index is 13.1. The average Bonchev–Trinajstić information content (AvgIpc) is 3.30. The van der Waals surface area contributed by atoms with Crippen molar-refractivity contribution in [1.29, 1.82) is 0 Å². The van der Waals surface area contributed by atoms with Gasteiger partial charge in [-0.25, -0.2) is 9.97 Å². The van der Waals surface area contributed by atoms with Gasteiger partial charge in [-0.3, -0.25) is 4.79 Å². The Morgan fingerprint density at radius 3 is 2.39 bits per heavy atom. The van der Waals surface area contributed by atoms with Crippen LogP contribution >= 0.6 is 11.3 Å². The number of piperazine rings is 1. The molecule has 7 nitrogen and oxygen atoms in total. The molecule has 5 rings (SSSR count). The monoisotopic (exact) mass is 436 g/mol. The van der Waals surface area contributed by atoms with E-state index in [-0.39, 0.29) is 5.91 Å². The molecule has 1 aliphatic heterocycles. The van der Waals surface area contributed by atoms with Crippen LogP contribution in [0.15, 0.2) is 18.2 Å². The highest BCUT2D eigenvalue weighted by atomic mass is 32.1. The van der Waals surface area contributed by atoms with Gasteiger partial charge in [-0.1, -0.05) is 30.6 Å². The Balaban J connectivity index is 1.24. The van der Waals surface area contributed by atoms with E-state index < -0.39 is 0 Å². The molecule has 3 aromatic rings. The first-order valence-corrected chi connectivity index (χ1v) is 12.0. The number of hydrogen-bond acceptors (Lipinski definition) is 7. The number of aromatic nitrogens is 4. The number of nitrogens with zero attached hydrogens (tertiary/aromatic N) is 6. The number of rotatable bonds is 3. The van der Waals surface area contributed by atoms with E-state index in [1.807, 2.05) is 36.9 Å². The van der Waals surface area contributed by atoms with Gasteiger partial charge < -0.3 is 9.80 Å². The van der Waals surface area contributed by atoms with Crippen molar-refractivity contribution >= 4 is 33.4 Å². The normalized spacial score (nSPS) is 18.0. The van der Waals surface area contributed by atoms with E-state index in [1.54, 1.807) is 11.3 Å². The summed E-state index contributed by atoms with van der Waals surface area (Å²) in [5.74, 6) is 0.646. The zero-order valence-corrected chi connectivity index (χ0v) is 19.0. The van der Waals surface area contributed by atoms with Crippen molar-refractivity contribution in [3.63, 3.8) is 0 Å². The minimum Gasteiger partial charge on any atom is -0.343 e. The van der Waals surface area contributed by atoms with Crippen LogP contribution in [0.25, 0.3) is 11.0 Å². The Morgan fingerprint density at radius 1 is 0.935 bits per heavy atom. The fraction of sp³-hybridized carbons (Fsp3) is 0.522. The summed E-state index contributed by atoms with van der Waals surface area (Å²) >= 11 is 1.74. The second-order valence-corrected chi connectivity index (χ2v) is 9.62. The van der Waals surface area contributed by atoms with Gasteiger partial charge in [0.1, 0.15) is 5.01 Å². The summed E-state index contributed by atoms with van der Waals surface area (Å²) in [6, 6.07) is 5.62. The molecule has 1 amide bonds. The van der Waals surface area contributed by atoms with Crippen molar-refractivity contribution in [2.45, 2.75) is 51.9 Å². The molecule has 0 bridgehead atoms. The molecule has 0 spiro atoms. The maximum atomic E-state index is 13.1. The van der Waals surface area contributed by atoms with E-state index >= 15 is 0 Å². The first-order chi connectivity index (χ1) is 15.1. The summed E-state index contributed by atoms with van der Waals surface area (Å²) in [6.07, 6.45) is 6.44. The van der Waals surface area contributed by atoms with Gasteiger partial charge in [-0.05, 0) is 44.9 Å². The van der Waals surface area contributed by atoms with E-state index in [1.165, 1.54) is 37.1 Å². The number of carbonyl (C=O) groups is 1. The Kier molecular flexibility index (Phi) is 5.56. The van der Waals surface area contributed by atoms with Crippen LogP contribution in [0, 0.1) is 13.8 Å². The number of fused-ring (bicyclic) bond motifs is 1. The summed E-state index contributed by atoms with van der Waals surface area (Å²) < 4.78 is 0. The molecule has 2 aliphatic rings. The lowest BCUT2D eigenvalue weighted by molar-refractivity contribution is 0.0747. The molecule has 1 saturated carbocycles. The van der Waals surface area contributed by atoms with Crippen molar-refractivity contribution in [1.82, 2.24) is 25.1 Å². The lowest BCUT2D eigenvalue weighted by atomic mass is 9.90. The van der Waals surface area contributed by atoms with E-state index in [0.717, 1.165) is 40.6 Å². The minimum absolute atomic E-state index is 0.0572. The van der Waals surface area contributed by atoms with E-state index in [2.05, 4.69) is 25.1 Å². The second kappa shape index (κ2) is 8.49. The third kappa shape index (κ3) is 4.13. The molecule has 2 aromatic heterocycles. The van der Waals surface area contributed by atoms with E-state index in [0.29, 0.717) is 24.6 Å². The molecule has 31 heavy (non-hydrogen) atoms. The highest BCUT2D eigenvalue weighted by Crippen LogP contribution is 2.36. The van der Waals surface area contributed by atoms with E-state index in [9.17, 15) is 4.79 Å². The molecule has 0 unspecified atom stereocenters. The fourth-order valence-electron chi connectivity index (χ4n) is 4.52. The maximum Gasteiger partial charge on any atom is 0.254 e. The molecule has 8 heteroatoms. The molecule has 1 aliphatic carbocycles. The van der Waals surface area contributed by atoms with Gasteiger partial charge in [0, 0.05) is 37.7 Å². The standard InChI is InChI=1S/C23H28N6OS/c1-15-16(2)25-20-14-18(8-9-19(20)24-15)22(30)28-10-12-29(13-11-28)23-27-26-21(31-23)17-6-4-3-5-7-17/h8-9,14,17H,3-7,10-13H2,1-2H3. The molecule has 1 saturated heterocycles. The molecule has 162 valence electrons. The number of anilines is 1. The smallest absolute Gasteiger partial charge is 0.254 e. The number of aryl methyl sites for hydroxylation is 2. The van der Waals surface area contributed by atoms with Crippen LogP contribution < -0.4 is 4.90 Å². The first kappa shape index (κ1) is 20.3. The highest BCUT2D eigenvalue weighted by molar-refractivity contribution is 7.15. The molecule has 0 N–H and O–H groups in total. The number of amides is 1. The predicted octanol–water partition coefficient (Wildman–Crippen LogP) is 4.11. The third-order valence-electron chi connectivity index (χ3n) is 6.54. The summed E-state index contributed by atoms with van der Waals surface area (Å²) in [5.41, 5.74) is 4.10. The van der Waals surface area contributed by atoms with Crippen LogP contribution in [-0.2, 0) is 0 Å². The van der Waals surface area contributed by atoms with Crippen molar-refractivity contribution in [3.05, 3.63) is 40.2 Å². The van der Waals surface area contributed by atoms with Gasteiger partial charge in [0.2, 0.25) is 5.13 Å². The largest absolute Gasteiger partial charge is 0.343 e. The first-order valence-electron chi connectivity index (χ1n) is 11.2. The lowest BCUT2D eigenvalue weighted by Crippen LogP contribution is -2.48. The van der Waals surface area contributed by atoms with Crippen LogP contribution in [0.3, 0.4) is 0 Å². The lowest BCUT2D eigenvalue weighted by Gasteiger charge is -2.34. The summed E-state index contributed by atoms with van der Waals surface area (Å²) in [6.45, 7) is 6.86. The Labute approximate surface area is 186 Å². The zero-order chi connectivity index (χ0) is 21.4. The Hall–Kier alpha value is -2.61. The predicted molar refractivity (Wildman–Crippen MR) is 123 cm³/mol. The van der Waals surface area contributed by atoms with Crippen molar-refractivity contribution in [2.24, 2.45) is 0 Å². The molecule has 1 aromatic carbocycles. The third-order valence-corrected chi connectivity index (χ3v) is 7.69. The van der Waals surface area contributed by atoms with Gasteiger partial charge in [0.25, 0.3) is 5.91 Å². The van der Waals surface area contributed by atoms with Crippen LogP contribution in [0.4, 0.5) is 5.13 Å². The van der Waals surface area contributed by atoms with Gasteiger partial charge in [0.05, 0.1) is 22.4 Å². The summed E-state index contributed by atoms with van der Waals surface area (Å²) in [5, 5.41) is 11.2. The van der Waals surface area contributed by atoms with Gasteiger partial charge >= 0.3 is 0 Å². The molecule has 2 fully saturated rings. The highest BCUT2D eigenvalue weighted by Gasteiger charge is 2.26. The molecular weight excluding hydrogens is 408 g/mol. The number of hydrogen-bond donors (Lipinski definition) is 0.